The van der Waals surface area contributed by atoms with Gasteiger partial charge < -0.3 is 55.1 Å². The van der Waals surface area contributed by atoms with Gasteiger partial charge in [0.2, 0.25) is 0 Å². The summed E-state index contributed by atoms with van der Waals surface area (Å²) in [5.74, 6) is 0. The summed E-state index contributed by atoms with van der Waals surface area (Å²) in [7, 11) is 0. The smallest absolute Gasteiger partial charge is 0.187 e. The third-order valence-corrected chi connectivity index (χ3v) is 3.54. The third-order valence-electron chi connectivity index (χ3n) is 3.54. The van der Waals surface area contributed by atoms with Crippen LogP contribution in [0, 0.1) is 0 Å². The Kier molecular flexibility index (Phi) is 7.89. The standard InChI is InChI=1S/C12H22O11/c13-1-4(16)7(17)8(18)5(2-14)22-12-11(21)10(20)9(19)6(3-15)23-12/h2,4-13,15-21H,1,3H2/t4-,5-,6-,7-,8-,9-,10+,11-,12?/m1/s1. The van der Waals surface area contributed by atoms with Crippen molar-refractivity contribution >= 4 is 6.29 Å². The van der Waals surface area contributed by atoms with Gasteiger partial charge in [-0.05, 0) is 0 Å². The highest BCUT2D eigenvalue weighted by atomic mass is 16.7. The molecule has 0 bridgehead atoms. The number of rotatable bonds is 8. The van der Waals surface area contributed by atoms with Crippen LogP contribution in [0.5, 0.6) is 0 Å². The Balaban J connectivity index is 2.79. The van der Waals surface area contributed by atoms with Crippen LogP contribution in [0.15, 0.2) is 0 Å². The summed E-state index contributed by atoms with van der Waals surface area (Å²) in [4.78, 5) is 11.0. The van der Waals surface area contributed by atoms with Crippen LogP contribution < -0.4 is 0 Å². The molecule has 0 spiro atoms. The summed E-state index contributed by atoms with van der Waals surface area (Å²) in [6, 6.07) is 0. The normalized spacial score (nSPS) is 37.0. The van der Waals surface area contributed by atoms with Crippen LogP contribution in [0.4, 0.5) is 0 Å². The number of carbonyl (C=O) groups is 1. The van der Waals surface area contributed by atoms with E-state index in [9.17, 15) is 35.4 Å². The van der Waals surface area contributed by atoms with Gasteiger partial charge in [-0.15, -0.1) is 0 Å². The molecule has 0 aliphatic carbocycles. The maximum atomic E-state index is 11.0. The van der Waals surface area contributed by atoms with E-state index >= 15 is 0 Å². The number of ether oxygens (including phenoxy) is 2. The second-order valence-electron chi connectivity index (χ2n) is 5.17. The molecule has 1 fully saturated rings. The van der Waals surface area contributed by atoms with Crippen molar-refractivity contribution in [2.45, 2.75) is 55.1 Å². The first kappa shape index (κ1) is 20.3. The summed E-state index contributed by atoms with van der Waals surface area (Å²) in [5.41, 5.74) is 0. The molecule has 1 aliphatic heterocycles. The average Bonchev–Trinajstić information content (AvgIpc) is 2.57. The summed E-state index contributed by atoms with van der Waals surface area (Å²) in [6.07, 6.45) is -15.5. The maximum Gasteiger partial charge on any atom is 0.187 e. The Labute approximate surface area is 130 Å². The molecule has 8 N–H and O–H groups in total. The van der Waals surface area contributed by atoms with E-state index < -0.39 is 68.3 Å². The first-order valence-corrected chi connectivity index (χ1v) is 6.84. The highest BCUT2D eigenvalue weighted by Crippen LogP contribution is 2.23. The molecule has 23 heavy (non-hydrogen) atoms. The molecule has 136 valence electrons. The Morgan fingerprint density at radius 3 is 2.09 bits per heavy atom. The molecule has 0 aromatic rings. The van der Waals surface area contributed by atoms with Crippen LogP contribution in [-0.2, 0) is 14.3 Å². The Morgan fingerprint density at radius 2 is 1.61 bits per heavy atom. The van der Waals surface area contributed by atoms with Crippen LogP contribution in [0.1, 0.15) is 0 Å². The van der Waals surface area contributed by atoms with Crippen molar-refractivity contribution in [3.05, 3.63) is 0 Å². The van der Waals surface area contributed by atoms with Crippen LogP contribution in [0.3, 0.4) is 0 Å². The van der Waals surface area contributed by atoms with Crippen LogP contribution >= 0.6 is 0 Å². The van der Waals surface area contributed by atoms with Gasteiger partial charge in [0, 0.05) is 0 Å². The SMILES string of the molecule is O=C[C@@H](OC1O[C@H](CO)[C@@H](O)[C@H](O)[C@H]1O)[C@@H](O)[C@H](O)[C@H](O)CO. The number of aliphatic hydroxyl groups excluding tert-OH is 8. The zero-order valence-electron chi connectivity index (χ0n) is 12.0. The lowest BCUT2D eigenvalue weighted by Gasteiger charge is -2.41. The molecule has 0 aromatic heterocycles. The van der Waals surface area contributed by atoms with E-state index in [0.29, 0.717) is 0 Å². The molecule has 1 heterocycles. The van der Waals surface area contributed by atoms with E-state index in [2.05, 4.69) is 0 Å². The van der Waals surface area contributed by atoms with E-state index in [1.165, 1.54) is 0 Å². The lowest BCUT2D eigenvalue weighted by atomic mass is 9.99. The van der Waals surface area contributed by atoms with Gasteiger partial charge in [0.05, 0.1) is 13.2 Å². The predicted molar refractivity (Wildman–Crippen MR) is 69.8 cm³/mol. The van der Waals surface area contributed by atoms with Crippen molar-refractivity contribution in [1.29, 1.82) is 0 Å². The molecule has 9 atom stereocenters. The first-order valence-electron chi connectivity index (χ1n) is 6.84. The molecule has 0 aromatic carbocycles. The molecule has 0 radical (unpaired) electrons. The van der Waals surface area contributed by atoms with E-state index in [4.69, 9.17) is 19.7 Å². The molecule has 1 saturated heterocycles. The molecule has 0 saturated carbocycles. The number of aliphatic hydroxyl groups is 8. The highest BCUT2D eigenvalue weighted by molar-refractivity contribution is 5.57. The molecule has 1 rings (SSSR count). The van der Waals surface area contributed by atoms with Crippen LogP contribution in [-0.4, -0.2) is 115 Å². The monoisotopic (exact) mass is 342 g/mol. The van der Waals surface area contributed by atoms with Gasteiger partial charge in [0.25, 0.3) is 0 Å². The van der Waals surface area contributed by atoms with Crippen molar-refractivity contribution in [1.82, 2.24) is 0 Å². The number of hydrogen-bond acceptors (Lipinski definition) is 11. The van der Waals surface area contributed by atoms with Gasteiger partial charge in [-0.2, -0.15) is 0 Å². The van der Waals surface area contributed by atoms with Gasteiger partial charge in [-0.3, -0.25) is 0 Å². The van der Waals surface area contributed by atoms with Gasteiger partial charge in [0.1, 0.15) is 48.8 Å². The van der Waals surface area contributed by atoms with Crippen LogP contribution in [0.2, 0.25) is 0 Å². The van der Waals surface area contributed by atoms with E-state index in [-0.39, 0.29) is 6.29 Å². The first-order chi connectivity index (χ1) is 10.8. The van der Waals surface area contributed by atoms with Crippen molar-refractivity contribution in [3.63, 3.8) is 0 Å². The zero-order chi connectivity index (χ0) is 17.7. The molecule has 0 amide bonds. The van der Waals surface area contributed by atoms with E-state index in [1.807, 2.05) is 0 Å². The van der Waals surface area contributed by atoms with E-state index in [0.717, 1.165) is 0 Å². The number of carbonyl (C=O) groups excluding carboxylic acids is 1. The molecule has 1 unspecified atom stereocenters. The van der Waals surface area contributed by atoms with Crippen molar-refractivity contribution in [2.75, 3.05) is 13.2 Å². The minimum Gasteiger partial charge on any atom is -0.394 e. The number of hydrogen-bond donors (Lipinski definition) is 8. The molecule has 11 heteroatoms. The summed E-state index contributed by atoms with van der Waals surface area (Å²) in [6.45, 7) is -1.60. The van der Waals surface area contributed by atoms with Crippen molar-refractivity contribution in [2.24, 2.45) is 0 Å². The fourth-order valence-corrected chi connectivity index (χ4v) is 2.06. The van der Waals surface area contributed by atoms with Crippen molar-refractivity contribution in [3.8, 4) is 0 Å². The zero-order valence-corrected chi connectivity index (χ0v) is 12.0. The minimum atomic E-state index is -1.97. The lowest BCUT2D eigenvalue weighted by Crippen LogP contribution is -2.60. The summed E-state index contributed by atoms with van der Waals surface area (Å²) < 4.78 is 9.94. The predicted octanol–water partition coefficient (Wildman–Crippen LogP) is -5.55. The quantitative estimate of drug-likeness (QED) is 0.196. The highest BCUT2D eigenvalue weighted by Gasteiger charge is 2.46. The summed E-state index contributed by atoms with van der Waals surface area (Å²) in [5, 5.41) is 75.2. The fraction of sp³-hybridized carbons (Fsp3) is 0.917. The maximum absolute atomic E-state index is 11.0. The number of aldehydes is 1. The van der Waals surface area contributed by atoms with Gasteiger partial charge in [0.15, 0.2) is 12.6 Å². The van der Waals surface area contributed by atoms with Crippen molar-refractivity contribution < 1.29 is 55.1 Å². The van der Waals surface area contributed by atoms with E-state index in [1.54, 1.807) is 0 Å². The molecule has 11 nitrogen and oxygen atoms in total. The Hall–Kier alpha value is -0.730. The largest absolute Gasteiger partial charge is 0.394 e. The minimum absolute atomic E-state index is 0.0550. The van der Waals surface area contributed by atoms with Gasteiger partial charge in [-0.1, -0.05) is 0 Å². The topological polar surface area (TPSA) is 197 Å². The lowest BCUT2D eigenvalue weighted by molar-refractivity contribution is -0.315. The molecular formula is C12H22O11. The third kappa shape index (κ3) is 4.64. The molecule has 1 aliphatic rings. The Morgan fingerprint density at radius 1 is 1.00 bits per heavy atom. The Bertz CT molecular complexity index is 365. The second-order valence-corrected chi connectivity index (χ2v) is 5.17. The van der Waals surface area contributed by atoms with Crippen LogP contribution in [0.25, 0.3) is 0 Å². The summed E-state index contributed by atoms with van der Waals surface area (Å²) >= 11 is 0. The second kappa shape index (κ2) is 8.94. The fourth-order valence-electron chi connectivity index (χ4n) is 2.06. The average molecular weight is 342 g/mol. The molecular weight excluding hydrogens is 320 g/mol. The van der Waals surface area contributed by atoms with Gasteiger partial charge in [-0.25, -0.2) is 0 Å². The van der Waals surface area contributed by atoms with Gasteiger partial charge >= 0.3 is 0 Å².